The molecule has 2 atom stereocenters. The Morgan fingerprint density at radius 3 is 2.50 bits per heavy atom. The van der Waals surface area contributed by atoms with Gasteiger partial charge in [-0.1, -0.05) is 26.0 Å². The van der Waals surface area contributed by atoms with Crippen molar-refractivity contribution in [2.75, 3.05) is 6.54 Å². The highest BCUT2D eigenvalue weighted by molar-refractivity contribution is 5.39. The molecule has 3 nitrogen and oxygen atoms in total. The predicted octanol–water partition coefficient (Wildman–Crippen LogP) is 2.57. The van der Waals surface area contributed by atoms with Crippen LogP contribution in [-0.4, -0.2) is 16.3 Å². The maximum absolute atomic E-state index is 5.83. The van der Waals surface area contributed by atoms with Gasteiger partial charge >= 0.3 is 0 Å². The summed E-state index contributed by atoms with van der Waals surface area (Å²) >= 11 is 0. The van der Waals surface area contributed by atoms with Crippen molar-refractivity contribution in [3.63, 3.8) is 0 Å². The van der Waals surface area contributed by atoms with Gasteiger partial charge in [-0.3, -0.25) is 0 Å². The van der Waals surface area contributed by atoms with Crippen molar-refractivity contribution in [1.29, 1.82) is 0 Å². The molecule has 1 heterocycles. The Balaban J connectivity index is 1.85. The summed E-state index contributed by atoms with van der Waals surface area (Å²) in [6.07, 6.45) is 3.75. The zero-order valence-corrected chi connectivity index (χ0v) is 10.9. The second kappa shape index (κ2) is 3.95. The van der Waals surface area contributed by atoms with Gasteiger partial charge in [0.05, 0.1) is 5.69 Å². The maximum atomic E-state index is 5.83. The van der Waals surface area contributed by atoms with Crippen LogP contribution in [0.15, 0.2) is 42.7 Å². The summed E-state index contributed by atoms with van der Waals surface area (Å²) in [6, 6.07) is 10.6. The fraction of sp³-hybridized carbons (Fsp3) is 0.400. The average Bonchev–Trinajstić information content (AvgIpc) is 2.77. The molecule has 2 aromatic rings. The SMILES string of the molecule is CC1(C)C(CN)C1c1ccc(-n2cccn2)cc1. The zero-order valence-electron chi connectivity index (χ0n) is 10.9. The Morgan fingerprint density at radius 1 is 1.28 bits per heavy atom. The molecule has 0 amide bonds. The van der Waals surface area contributed by atoms with Gasteiger partial charge in [0.15, 0.2) is 0 Å². The molecular formula is C15H19N3. The Hall–Kier alpha value is -1.61. The molecule has 0 aliphatic heterocycles. The van der Waals surface area contributed by atoms with Gasteiger partial charge in [-0.15, -0.1) is 0 Å². The van der Waals surface area contributed by atoms with Crippen molar-refractivity contribution in [1.82, 2.24) is 9.78 Å². The van der Waals surface area contributed by atoms with Gasteiger partial charge in [0.2, 0.25) is 0 Å². The van der Waals surface area contributed by atoms with Crippen molar-refractivity contribution in [3.05, 3.63) is 48.3 Å². The highest BCUT2D eigenvalue weighted by atomic mass is 15.3. The van der Waals surface area contributed by atoms with Crippen LogP contribution in [0.4, 0.5) is 0 Å². The number of aromatic nitrogens is 2. The first-order valence-electron chi connectivity index (χ1n) is 6.44. The molecule has 0 spiro atoms. The summed E-state index contributed by atoms with van der Waals surface area (Å²) in [6.45, 7) is 5.38. The third kappa shape index (κ3) is 1.66. The number of hydrogen-bond donors (Lipinski definition) is 1. The summed E-state index contributed by atoms with van der Waals surface area (Å²) in [5.74, 6) is 1.22. The molecule has 94 valence electrons. The van der Waals surface area contributed by atoms with Crippen molar-refractivity contribution in [2.45, 2.75) is 19.8 Å². The molecule has 2 N–H and O–H groups in total. The lowest BCUT2D eigenvalue weighted by Crippen LogP contribution is -2.05. The van der Waals surface area contributed by atoms with Crippen LogP contribution in [0.25, 0.3) is 5.69 Å². The summed E-state index contributed by atoms with van der Waals surface area (Å²) in [7, 11) is 0. The van der Waals surface area contributed by atoms with E-state index in [1.54, 1.807) is 6.20 Å². The second-order valence-electron chi connectivity index (χ2n) is 5.68. The fourth-order valence-electron chi connectivity index (χ4n) is 3.10. The molecule has 18 heavy (non-hydrogen) atoms. The first-order chi connectivity index (χ1) is 8.64. The van der Waals surface area contributed by atoms with Crippen LogP contribution in [0.2, 0.25) is 0 Å². The molecule has 0 radical (unpaired) electrons. The van der Waals surface area contributed by atoms with Gasteiger partial charge < -0.3 is 5.73 Å². The molecule has 1 fully saturated rings. The molecule has 1 aromatic heterocycles. The van der Waals surface area contributed by atoms with E-state index in [1.807, 2.05) is 16.9 Å². The van der Waals surface area contributed by atoms with Crippen molar-refractivity contribution < 1.29 is 0 Å². The standard InChI is InChI=1S/C15H19N3/c1-15(2)13(10-16)14(15)11-4-6-12(7-5-11)18-9-3-8-17-18/h3-9,13-14H,10,16H2,1-2H3. The van der Waals surface area contributed by atoms with E-state index < -0.39 is 0 Å². The van der Waals surface area contributed by atoms with Crippen molar-refractivity contribution >= 4 is 0 Å². The van der Waals surface area contributed by atoms with E-state index >= 15 is 0 Å². The molecule has 2 unspecified atom stereocenters. The van der Waals surface area contributed by atoms with Crippen molar-refractivity contribution in [3.8, 4) is 5.69 Å². The summed E-state index contributed by atoms with van der Waals surface area (Å²) < 4.78 is 1.88. The van der Waals surface area contributed by atoms with Crippen molar-refractivity contribution in [2.24, 2.45) is 17.1 Å². The number of hydrogen-bond acceptors (Lipinski definition) is 2. The number of nitrogens with zero attached hydrogens (tertiary/aromatic N) is 2. The third-order valence-electron chi connectivity index (χ3n) is 4.33. The molecule has 0 saturated heterocycles. The van der Waals surface area contributed by atoms with E-state index in [9.17, 15) is 0 Å². The quantitative estimate of drug-likeness (QED) is 0.897. The van der Waals surface area contributed by atoms with Gasteiger partial charge in [-0.25, -0.2) is 4.68 Å². The molecule has 1 aromatic carbocycles. The summed E-state index contributed by atoms with van der Waals surface area (Å²) in [5, 5.41) is 4.23. The lowest BCUT2D eigenvalue weighted by atomic mass is 10.0. The van der Waals surface area contributed by atoms with Gasteiger partial charge in [0, 0.05) is 12.4 Å². The van der Waals surface area contributed by atoms with E-state index in [0.717, 1.165) is 12.2 Å². The van der Waals surface area contributed by atoms with Crippen LogP contribution in [0.5, 0.6) is 0 Å². The van der Waals surface area contributed by atoms with E-state index in [-0.39, 0.29) is 0 Å². The van der Waals surface area contributed by atoms with Crippen LogP contribution in [0.3, 0.4) is 0 Å². The lowest BCUT2D eigenvalue weighted by Gasteiger charge is -2.05. The van der Waals surface area contributed by atoms with E-state index in [2.05, 4.69) is 43.2 Å². The van der Waals surface area contributed by atoms with E-state index in [1.165, 1.54) is 5.56 Å². The minimum atomic E-state index is 0.349. The second-order valence-corrected chi connectivity index (χ2v) is 5.68. The predicted molar refractivity (Wildman–Crippen MR) is 72.6 cm³/mol. The number of rotatable bonds is 3. The molecule has 0 bridgehead atoms. The Morgan fingerprint density at radius 2 is 2.00 bits per heavy atom. The summed E-state index contributed by atoms with van der Waals surface area (Å²) in [5.41, 5.74) is 8.68. The topological polar surface area (TPSA) is 43.8 Å². The third-order valence-corrected chi connectivity index (χ3v) is 4.33. The first-order valence-corrected chi connectivity index (χ1v) is 6.44. The molecule has 1 aliphatic rings. The van der Waals surface area contributed by atoms with Crippen LogP contribution in [-0.2, 0) is 0 Å². The van der Waals surface area contributed by atoms with E-state index in [0.29, 0.717) is 17.3 Å². The number of benzene rings is 1. The smallest absolute Gasteiger partial charge is 0.0645 e. The monoisotopic (exact) mass is 241 g/mol. The summed E-state index contributed by atoms with van der Waals surface area (Å²) in [4.78, 5) is 0. The Labute approximate surface area is 108 Å². The minimum absolute atomic E-state index is 0.349. The molecule has 3 heteroatoms. The maximum Gasteiger partial charge on any atom is 0.0645 e. The van der Waals surface area contributed by atoms with Gasteiger partial charge in [0.1, 0.15) is 0 Å². The Kier molecular flexibility index (Phi) is 2.52. The average molecular weight is 241 g/mol. The first kappa shape index (κ1) is 11.5. The largest absolute Gasteiger partial charge is 0.330 e. The number of nitrogens with two attached hydrogens (primary N) is 1. The molecule has 1 aliphatic carbocycles. The van der Waals surface area contributed by atoms with Gasteiger partial charge in [-0.2, -0.15) is 5.10 Å². The highest BCUT2D eigenvalue weighted by Gasteiger charge is 2.57. The van der Waals surface area contributed by atoms with Gasteiger partial charge in [-0.05, 0) is 47.6 Å². The van der Waals surface area contributed by atoms with Gasteiger partial charge in [0.25, 0.3) is 0 Å². The highest BCUT2D eigenvalue weighted by Crippen LogP contribution is 2.63. The zero-order chi connectivity index (χ0) is 12.8. The molecule has 1 saturated carbocycles. The van der Waals surface area contributed by atoms with Crippen LogP contribution in [0.1, 0.15) is 25.3 Å². The molecule has 3 rings (SSSR count). The minimum Gasteiger partial charge on any atom is -0.330 e. The molecular weight excluding hydrogens is 222 g/mol. The van der Waals surface area contributed by atoms with Crippen LogP contribution >= 0.6 is 0 Å². The fourth-order valence-corrected chi connectivity index (χ4v) is 3.10. The Bertz CT molecular complexity index is 525. The van der Waals surface area contributed by atoms with Crippen LogP contribution < -0.4 is 5.73 Å². The lowest BCUT2D eigenvalue weighted by molar-refractivity contribution is 0.558. The van der Waals surface area contributed by atoms with Crippen LogP contribution in [0, 0.1) is 11.3 Å². The normalized spacial score (nSPS) is 25.1. The van der Waals surface area contributed by atoms with E-state index in [4.69, 9.17) is 5.73 Å².